The van der Waals surface area contributed by atoms with Crippen LogP contribution in [-0.2, 0) is 12.8 Å². The van der Waals surface area contributed by atoms with Crippen molar-refractivity contribution in [1.82, 2.24) is 9.97 Å². The van der Waals surface area contributed by atoms with E-state index in [1.165, 1.54) is 22.3 Å². The van der Waals surface area contributed by atoms with Crippen LogP contribution in [-0.4, -0.2) is 17.0 Å². The fraction of sp³-hybridized carbons (Fsp3) is 0.438. The highest BCUT2D eigenvalue weighted by Crippen LogP contribution is 2.19. The van der Waals surface area contributed by atoms with Crippen molar-refractivity contribution in [3.8, 4) is 0 Å². The van der Waals surface area contributed by atoms with Crippen LogP contribution in [0, 0.1) is 27.7 Å². The van der Waals surface area contributed by atoms with E-state index in [2.05, 4.69) is 55.1 Å². The van der Waals surface area contributed by atoms with Crippen LogP contribution in [0.3, 0.4) is 0 Å². The SMILES string of the molecule is CNc1nc(CCc2c(C)cc(C)cc2C)c(C)[nH]1. The first-order valence-electron chi connectivity index (χ1n) is 6.81. The van der Waals surface area contributed by atoms with Crippen LogP contribution < -0.4 is 5.32 Å². The normalized spacial score (nSPS) is 10.8. The molecule has 3 heteroatoms. The number of aromatic nitrogens is 2. The number of anilines is 1. The molecule has 0 aliphatic carbocycles. The summed E-state index contributed by atoms with van der Waals surface area (Å²) in [6.45, 7) is 8.64. The Bertz CT molecular complexity index is 559. The van der Waals surface area contributed by atoms with Gasteiger partial charge < -0.3 is 10.3 Å². The summed E-state index contributed by atoms with van der Waals surface area (Å²) in [4.78, 5) is 7.80. The van der Waals surface area contributed by atoms with Crippen LogP contribution in [0.15, 0.2) is 12.1 Å². The second-order valence-electron chi connectivity index (χ2n) is 5.28. The Labute approximate surface area is 115 Å². The van der Waals surface area contributed by atoms with Crippen LogP contribution in [0.2, 0.25) is 0 Å². The van der Waals surface area contributed by atoms with E-state index in [4.69, 9.17) is 0 Å². The van der Waals surface area contributed by atoms with Crippen molar-refractivity contribution in [3.05, 3.63) is 45.8 Å². The van der Waals surface area contributed by atoms with Crippen molar-refractivity contribution in [2.24, 2.45) is 0 Å². The number of rotatable bonds is 4. The predicted octanol–water partition coefficient (Wildman–Crippen LogP) is 3.47. The van der Waals surface area contributed by atoms with E-state index in [1.54, 1.807) is 0 Å². The predicted molar refractivity (Wildman–Crippen MR) is 80.9 cm³/mol. The lowest BCUT2D eigenvalue weighted by Gasteiger charge is -2.10. The molecule has 2 N–H and O–H groups in total. The summed E-state index contributed by atoms with van der Waals surface area (Å²) in [7, 11) is 1.89. The maximum Gasteiger partial charge on any atom is 0.200 e. The highest BCUT2D eigenvalue weighted by molar-refractivity contribution is 5.38. The maximum atomic E-state index is 4.55. The molecule has 0 fully saturated rings. The molecule has 1 aromatic heterocycles. The van der Waals surface area contributed by atoms with Gasteiger partial charge in [0.15, 0.2) is 5.95 Å². The van der Waals surface area contributed by atoms with Crippen LogP contribution >= 0.6 is 0 Å². The average molecular weight is 257 g/mol. The van der Waals surface area contributed by atoms with Crippen molar-refractivity contribution in [1.29, 1.82) is 0 Å². The van der Waals surface area contributed by atoms with Gasteiger partial charge in [0.2, 0.25) is 0 Å². The minimum Gasteiger partial charge on any atom is -0.359 e. The number of H-pyrrole nitrogens is 1. The van der Waals surface area contributed by atoms with Gasteiger partial charge in [-0.2, -0.15) is 0 Å². The summed E-state index contributed by atoms with van der Waals surface area (Å²) in [5.74, 6) is 0.852. The third kappa shape index (κ3) is 2.98. The average Bonchev–Trinajstić information content (AvgIpc) is 2.69. The second kappa shape index (κ2) is 5.47. The number of benzene rings is 1. The zero-order valence-corrected chi connectivity index (χ0v) is 12.5. The molecular formula is C16H23N3. The Kier molecular flexibility index (Phi) is 3.93. The van der Waals surface area contributed by atoms with Crippen molar-refractivity contribution >= 4 is 5.95 Å². The molecule has 0 amide bonds. The lowest BCUT2D eigenvalue weighted by molar-refractivity contribution is 0.897. The largest absolute Gasteiger partial charge is 0.359 e. The van der Waals surface area contributed by atoms with Gasteiger partial charge in [0, 0.05) is 12.7 Å². The smallest absolute Gasteiger partial charge is 0.200 e. The number of imidazole rings is 1. The van der Waals surface area contributed by atoms with E-state index >= 15 is 0 Å². The van der Waals surface area contributed by atoms with Gasteiger partial charge in [-0.05, 0) is 57.2 Å². The van der Waals surface area contributed by atoms with Crippen molar-refractivity contribution in [2.75, 3.05) is 12.4 Å². The van der Waals surface area contributed by atoms with E-state index in [9.17, 15) is 0 Å². The molecule has 19 heavy (non-hydrogen) atoms. The van der Waals surface area contributed by atoms with Gasteiger partial charge in [-0.25, -0.2) is 4.98 Å². The Morgan fingerprint density at radius 3 is 2.21 bits per heavy atom. The lowest BCUT2D eigenvalue weighted by Crippen LogP contribution is -2.00. The zero-order chi connectivity index (χ0) is 14.0. The number of aromatic amines is 1. The Hall–Kier alpha value is -1.77. The zero-order valence-electron chi connectivity index (χ0n) is 12.5. The quantitative estimate of drug-likeness (QED) is 0.880. The van der Waals surface area contributed by atoms with Gasteiger partial charge in [0.1, 0.15) is 0 Å². The topological polar surface area (TPSA) is 40.7 Å². The third-order valence-electron chi connectivity index (χ3n) is 3.67. The van der Waals surface area contributed by atoms with Gasteiger partial charge in [-0.1, -0.05) is 17.7 Å². The van der Waals surface area contributed by atoms with Crippen molar-refractivity contribution < 1.29 is 0 Å². The standard InChI is InChI=1S/C16H23N3/c1-10-8-11(2)14(12(3)9-10)6-7-15-13(4)18-16(17-5)19-15/h8-9H,6-7H2,1-5H3,(H2,17,18,19). The molecule has 2 aromatic rings. The van der Waals surface area contributed by atoms with E-state index in [0.717, 1.165) is 30.2 Å². The Morgan fingerprint density at radius 1 is 1.05 bits per heavy atom. The third-order valence-corrected chi connectivity index (χ3v) is 3.67. The molecule has 0 aliphatic rings. The highest BCUT2D eigenvalue weighted by Gasteiger charge is 2.09. The molecule has 0 unspecified atom stereocenters. The molecular weight excluding hydrogens is 234 g/mol. The maximum absolute atomic E-state index is 4.55. The molecule has 0 aliphatic heterocycles. The van der Waals surface area contributed by atoms with Crippen LogP contribution in [0.4, 0.5) is 5.95 Å². The first kappa shape index (κ1) is 13.7. The summed E-state index contributed by atoms with van der Waals surface area (Å²) in [5, 5.41) is 3.05. The van der Waals surface area contributed by atoms with E-state index in [0.29, 0.717) is 0 Å². The monoisotopic (exact) mass is 257 g/mol. The van der Waals surface area contributed by atoms with Gasteiger partial charge in [0.05, 0.1) is 5.69 Å². The number of hydrogen-bond donors (Lipinski definition) is 2. The van der Waals surface area contributed by atoms with Crippen molar-refractivity contribution in [3.63, 3.8) is 0 Å². The molecule has 102 valence electrons. The highest BCUT2D eigenvalue weighted by atomic mass is 15.1. The molecule has 0 atom stereocenters. The number of nitrogens with zero attached hydrogens (tertiary/aromatic N) is 1. The second-order valence-corrected chi connectivity index (χ2v) is 5.28. The summed E-state index contributed by atoms with van der Waals surface area (Å²) >= 11 is 0. The molecule has 0 radical (unpaired) electrons. The molecule has 0 saturated heterocycles. The molecule has 3 nitrogen and oxygen atoms in total. The van der Waals surface area contributed by atoms with Crippen LogP contribution in [0.5, 0.6) is 0 Å². The van der Waals surface area contributed by atoms with Crippen molar-refractivity contribution in [2.45, 2.75) is 40.5 Å². The fourth-order valence-electron chi connectivity index (χ4n) is 2.71. The van der Waals surface area contributed by atoms with Crippen LogP contribution in [0.1, 0.15) is 33.6 Å². The van der Waals surface area contributed by atoms with Gasteiger partial charge in [0.25, 0.3) is 0 Å². The number of nitrogens with one attached hydrogen (secondary N) is 2. The van der Waals surface area contributed by atoms with E-state index < -0.39 is 0 Å². The first-order valence-corrected chi connectivity index (χ1v) is 6.81. The summed E-state index contributed by atoms with van der Waals surface area (Å²) in [5.41, 5.74) is 7.89. The molecule has 0 saturated carbocycles. The molecule has 1 aromatic carbocycles. The number of hydrogen-bond acceptors (Lipinski definition) is 2. The fourth-order valence-corrected chi connectivity index (χ4v) is 2.71. The van der Waals surface area contributed by atoms with Gasteiger partial charge in [-0.3, -0.25) is 0 Å². The van der Waals surface area contributed by atoms with Gasteiger partial charge in [-0.15, -0.1) is 0 Å². The first-order chi connectivity index (χ1) is 9.01. The molecule has 0 bridgehead atoms. The summed E-state index contributed by atoms with van der Waals surface area (Å²) in [6, 6.07) is 4.53. The van der Waals surface area contributed by atoms with Crippen LogP contribution in [0.25, 0.3) is 0 Å². The minimum atomic E-state index is 0.852. The Balaban J connectivity index is 2.16. The van der Waals surface area contributed by atoms with E-state index in [1.807, 2.05) is 7.05 Å². The number of aryl methyl sites for hydroxylation is 5. The van der Waals surface area contributed by atoms with E-state index in [-0.39, 0.29) is 0 Å². The summed E-state index contributed by atoms with van der Waals surface area (Å²) in [6.07, 6.45) is 2.03. The Morgan fingerprint density at radius 2 is 1.68 bits per heavy atom. The minimum absolute atomic E-state index is 0.852. The van der Waals surface area contributed by atoms with Gasteiger partial charge >= 0.3 is 0 Å². The lowest BCUT2D eigenvalue weighted by atomic mass is 9.95. The molecule has 2 rings (SSSR count). The molecule has 1 heterocycles. The molecule has 0 spiro atoms. The summed E-state index contributed by atoms with van der Waals surface area (Å²) < 4.78 is 0.